The van der Waals surface area contributed by atoms with Gasteiger partial charge in [-0.1, -0.05) is 18.2 Å². The molecule has 0 amide bonds. The molecule has 2 heterocycles. The highest BCUT2D eigenvalue weighted by Crippen LogP contribution is 2.29. The maximum absolute atomic E-state index is 13.8. The first-order valence-corrected chi connectivity index (χ1v) is 9.94. The minimum absolute atomic E-state index is 0.103. The lowest BCUT2D eigenvalue weighted by Gasteiger charge is -2.12. The zero-order chi connectivity index (χ0) is 20.9. The summed E-state index contributed by atoms with van der Waals surface area (Å²) >= 11 is 5.28. The molecule has 1 aliphatic rings. The first kappa shape index (κ1) is 20.2. The molecule has 9 heteroatoms. The second-order valence-electron chi connectivity index (χ2n) is 6.74. The van der Waals surface area contributed by atoms with Gasteiger partial charge < -0.3 is 14.2 Å². The molecule has 0 bridgehead atoms. The fourth-order valence-corrected chi connectivity index (χ4v) is 3.37. The summed E-state index contributed by atoms with van der Waals surface area (Å²) in [4.78, 5) is 0. The van der Waals surface area contributed by atoms with Gasteiger partial charge in [0.15, 0.2) is 17.3 Å². The van der Waals surface area contributed by atoms with Crippen LogP contribution < -0.4 is 9.47 Å². The smallest absolute Gasteiger partial charge is 0.216 e. The Labute approximate surface area is 178 Å². The molecule has 4 rings (SSSR count). The van der Waals surface area contributed by atoms with Crippen LogP contribution in [0.3, 0.4) is 0 Å². The van der Waals surface area contributed by atoms with Crippen molar-refractivity contribution >= 4 is 18.4 Å². The summed E-state index contributed by atoms with van der Waals surface area (Å²) in [5.74, 6) is 1.38. The fraction of sp³-hybridized carbons (Fsp3) is 0.286. The molecule has 1 atom stereocenters. The Kier molecular flexibility index (Phi) is 6.20. The van der Waals surface area contributed by atoms with Crippen molar-refractivity contribution in [2.45, 2.75) is 25.6 Å². The van der Waals surface area contributed by atoms with E-state index < -0.39 is 0 Å². The summed E-state index contributed by atoms with van der Waals surface area (Å²) in [5, 5.41) is 11.5. The second-order valence-corrected chi connectivity index (χ2v) is 7.12. The number of benzene rings is 2. The predicted molar refractivity (Wildman–Crippen MR) is 112 cm³/mol. The maximum Gasteiger partial charge on any atom is 0.216 e. The molecule has 1 aromatic heterocycles. The highest BCUT2D eigenvalue weighted by molar-refractivity contribution is 7.71. The molecule has 30 heavy (non-hydrogen) atoms. The molecule has 1 aliphatic heterocycles. The molecule has 0 saturated carbocycles. The van der Waals surface area contributed by atoms with E-state index in [1.54, 1.807) is 48.3 Å². The predicted octanol–water partition coefficient (Wildman–Crippen LogP) is 4.40. The number of ether oxygens (including phenoxy) is 3. The lowest BCUT2D eigenvalue weighted by molar-refractivity contribution is 0.102. The van der Waals surface area contributed by atoms with Crippen LogP contribution in [0.2, 0.25) is 0 Å². The van der Waals surface area contributed by atoms with Crippen molar-refractivity contribution in [3.63, 3.8) is 0 Å². The largest absolute Gasteiger partial charge is 0.493 e. The molecule has 0 aliphatic carbocycles. The average molecular weight is 428 g/mol. The summed E-state index contributed by atoms with van der Waals surface area (Å²) < 4.78 is 32.6. The van der Waals surface area contributed by atoms with Crippen LogP contribution in [0.15, 0.2) is 47.6 Å². The minimum Gasteiger partial charge on any atom is -0.493 e. The van der Waals surface area contributed by atoms with Crippen LogP contribution in [0.1, 0.15) is 35.9 Å². The van der Waals surface area contributed by atoms with Crippen molar-refractivity contribution < 1.29 is 18.6 Å². The van der Waals surface area contributed by atoms with Crippen LogP contribution in [0.5, 0.6) is 11.5 Å². The second kappa shape index (κ2) is 9.19. The summed E-state index contributed by atoms with van der Waals surface area (Å²) in [6.07, 6.45) is 3.42. The number of aromatic nitrogens is 3. The SMILES string of the molecule is COc1cc(/C=N\n2c(C3CCCO3)n[nH]c2=S)ccc1OCc1ccccc1F. The lowest BCUT2D eigenvalue weighted by Crippen LogP contribution is -2.05. The van der Waals surface area contributed by atoms with Gasteiger partial charge in [-0.15, -0.1) is 0 Å². The number of rotatable bonds is 7. The molecule has 1 saturated heterocycles. The zero-order valence-electron chi connectivity index (χ0n) is 16.4. The Morgan fingerprint density at radius 3 is 2.97 bits per heavy atom. The van der Waals surface area contributed by atoms with E-state index in [1.807, 2.05) is 6.07 Å². The van der Waals surface area contributed by atoms with Gasteiger partial charge in [0.2, 0.25) is 4.77 Å². The summed E-state index contributed by atoms with van der Waals surface area (Å²) in [6, 6.07) is 11.9. The topological polar surface area (TPSA) is 73.7 Å². The normalized spacial score (nSPS) is 16.3. The van der Waals surface area contributed by atoms with Crippen LogP contribution in [0.4, 0.5) is 4.39 Å². The number of hydrogen-bond acceptors (Lipinski definition) is 6. The van der Waals surface area contributed by atoms with E-state index >= 15 is 0 Å². The number of nitrogens with one attached hydrogen (secondary N) is 1. The van der Waals surface area contributed by atoms with Crippen molar-refractivity contribution in [3.05, 3.63) is 70.0 Å². The van der Waals surface area contributed by atoms with Crippen LogP contribution in [0, 0.1) is 10.6 Å². The number of hydrogen-bond donors (Lipinski definition) is 1. The first-order valence-electron chi connectivity index (χ1n) is 9.53. The van der Waals surface area contributed by atoms with Gasteiger partial charge in [-0.2, -0.15) is 14.9 Å². The Hall–Kier alpha value is -3.04. The van der Waals surface area contributed by atoms with Crippen molar-refractivity contribution in [2.24, 2.45) is 5.10 Å². The highest BCUT2D eigenvalue weighted by atomic mass is 32.1. The molecule has 3 aromatic rings. The summed E-state index contributed by atoms with van der Waals surface area (Å²) in [5.41, 5.74) is 1.26. The third-order valence-electron chi connectivity index (χ3n) is 4.74. The van der Waals surface area contributed by atoms with Crippen LogP contribution in [-0.2, 0) is 11.3 Å². The molecule has 7 nitrogen and oxygen atoms in total. The van der Waals surface area contributed by atoms with Crippen LogP contribution in [0.25, 0.3) is 0 Å². The number of methoxy groups -OCH3 is 1. The van der Waals surface area contributed by atoms with Gasteiger partial charge in [-0.25, -0.2) is 4.39 Å². The standard InChI is InChI=1S/C21H21FN4O3S/c1-27-19-11-14(8-9-17(19)29-13-15-5-2-3-6-16(15)22)12-23-26-20(24-25-21(26)30)18-7-4-10-28-18/h2-3,5-6,8-9,11-12,18H,4,7,10,13H2,1H3,(H,25,30)/b23-12-. The van der Waals surface area contributed by atoms with E-state index in [2.05, 4.69) is 15.3 Å². The number of nitrogens with zero attached hydrogens (tertiary/aromatic N) is 3. The first-order chi connectivity index (χ1) is 14.7. The van der Waals surface area contributed by atoms with Crippen molar-refractivity contribution in [1.29, 1.82) is 0 Å². The minimum atomic E-state index is -0.306. The third-order valence-corrected chi connectivity index (χ3v) is 5.01. The van der Waals surface area contributed by atoms with Crippen molar-refractivity contribution in [2.75, 3.05) is 13.7 Å². The number of aromatic amines is 1. The Morgan fingerprint density at radius 1 is 1.33 bits per heavy atom. The quantitative estimate of drug-likeness (QED) is 0.446. The molecule has 1 unspecified atom stereocenters. The molecule has 156 valence electrons. The van der Waals surface area contributed by atoms with Gasteiger partial charge in [-0.05, 0) is 54.9 Å². The Morgan fingerprint density at radius 2 is 2.20 bits per heavy atom. The lowest BCUT2D eigenvalue weighted by atomic mass is 10.2. The molecular weight excluding hydrogens is 407 g/mol. The van der Waals surface area contributed by atoms with Gasteiger partial charge in [0.25, 0.3) is 0 Å². The van der Waals surface area contributed by atoms with E-state index in [0.29, 0.717) is 34.3 Å². The highest BCUT2D eigenvalue weighted by Gasteiger charge is 2.23. The molecule has 0 spiro atoms. The van der Waals surface area contributed by atoms with Gasteiger partial charge in [0.05, 0.1) is 13.3 Å². The van der Waals surface area contributed by atoms with E-state index in [0.717, 1.165) is 18.4 Å². The van der Waals surface area contributed by atoms with Gasteiger partial charge in [0.1, 0.15) is 18.5 Å². The third kappa shape index (κ3) is 4.42. The Bertz CT molecular complexity index is 1110. The van der Waals surface area contributed by atoms with E-state index in [9.17, 15) is 4.39 Å². The fourth-order valence-electron chi connectivity index (χ4n) is 3.18. The van der Waals surface area contributed by atoms with Gasteiger partial charge in [0, 0.05) is 12.2 Å². The zero-order valence-corrected chi connectivity index (χ0v) is 17.2. The summed E-state index contributed by atoms with van der Waals surface area (Å²) in [6.45, 7) is 0.810. The molecule has 0 radical (unpaired) electrons. The molecular formula is C21H21FN4O3S. The van der Waals surface area contributed by atoms with E-state index in [4.69, 9.17) is 26.4 Å². The van der Waals surface area contributed by atoms with Crippen LogP contribution >= 0.6 is 12.2 Å². The summed E-state index contributed by atoms with van der Waals surface area (Å²) in [7, 11) is 1.55. The van der Waals surface area contributed by atoms with Gasteiger partial charge >= 0.3 is 0 Å². The van der Waals surface area contributed by atoms with E-state index in [1.165, 1.54) is 6.07 Å². The Balaban J connectivity index is 1.51. The number of H-pyrrole nitrogens is 1. The average Bonchev–Trinajstić information content (AvgIpc) is 3.41. The van der Waals surface area contributed by atoms with E-state index in [-0.39, 0.29) is 18.5 Å². The van der Waals surface area contributed by atoms with Crippen molar-refractivity contribution in [1.82, 2.24) is 14.9 Å². The van der Waals surface area contributed by atoms with Crippen molar-refractivity contribution in [3.8, 4) is 11.5 Å². The molecule has 2 aromatic carbocycles. The number of halogens is 1. The maximum atomic E-state index is 13.8. The monoisotopic (exact) mass is 428 g/mol. The molecule has 1 N–H and O–H groups in total. The van der Waals surface area contributed by atoms with Crippen LogP contribution in [-0.4, -0.2) is 34.8 Å². The molecule has 1 fully saturated rings. The van der Waals surface area contributed by atoms with Gasteiger partial charge in [-0.3, -0.25) is 5.10 Å².